The molecule has 2 aromatic heterocycles. The van der Waals surface area contributed by atoms with E-state index in [4.69, 9.17) is 5.10 Å². The van der Waals surface area contributed by atoms with Gasteiger partial charge >= 0.3 is 6.03 Å². The van der Waals surface area contributed by atoms with Crippen LogP contribution in [0.4, 0.5) is 16.3 Å². The first-order valence-electron chi connectivity index (χ1n) is 10.9. The minimum absolute atomic E-state index is 0.186. The molecule has 0 aliphatic rings. The molecular formula is C27H21N5O2S. The summed E-state index contributed by atoms with van der Waals surface area (Å²) < 4.78 is 1.63. The molecule has 172 valence electrons. The molecule has 35 heavy (non-hydrogen) atoms. The van der Waals surface area contributed by atoms with Gasteiger partial charge in [-0.25, -0.2) is 9.48 Å². The van der Waals surface area contributed by atoms with E-state index in [1.54, 1.807) is 22.9 Å². The second-order valence-electron chi connectivity index (χ2n) is 7.56. The summed E-state index contributed by atoms with van der Waals surface area (Å²) >= 11 is 1.36. The highest BCUT2D eigenvalue weighted by Crippen LogP contribution is 2.33. The Morgan fingerprint density at radius 3 is 2.09 bits per heavy atom. The molecule has 3 N–H and O–H groups in total. The zero-order valence-electron chi connectivity index (χ0n) is 18.5. The fourth-order valence-electron chi connectivity index (χ4n) is 3.63. The molecule has 7 nitrogen and oxygen atoms in total. The van der Waals surface area contributed by atoms with Gasteiger partial charge in [0.2, 0.25) is 5.78 Å². The van der Waals surface area contributed by atoms with Gasteiger partial charge in [-0.05, 0) is 35.7 Å². The van der Waals surface area contributed by atoms with E-state index in [1.807, 2.05) is 90.3 Å². The number of rotatable bonds is 7. The maximum atomic E-state index is 13.7. The standard InChI is InChI=1S/C27H21N5O2S/c33-25(22-17-10-18-35-22)23-24(19-11-4-1-5-12-19)31-32(21-15-8-3-9-16-21)26(23)29-30-27(34)28-20-13-6-2-7-14-20/h1-18,29H,(H2,28,30,34). The number of carbonyl (C=O) groups excluding carboxylic acids is 2. The lowest BCUT2D eigenvalue weighted by Crippen LogP contribution is -2.35. The molecule has 8 heteroatoms. The Morgan fingerprint density at radius 2 is 1.43 bits per heavy atom. The molecule has 5 aromatic rings. The van der Waals surface area contributed by atoms with Gasteiger partial charge in [0.05, 0.1) is 16.1 Å². The van der Waals surface area contributed by atoms with E-state index in [1.165, 1.54) is 11.3 Å². The summed E-state index contributed by atoms with van der Waals surface area (Å²) in [5.41, 5.74) is 8.66. The van der Waals surface area contributed by atoms with Gasteiger partial charge in [-0.15, -0.1) is 11.3 Å². The van der Waals surface area contributed by atoms with Crippen LogP contribution >= 0.6 is 11.3 Å². The molecule has 0 fully saturated rings. The number of para-hydroxylation sites is 2. The van der Waals surface area contributed by atoms with Crippen LogP contribution in [0, 0.1) is 0 Å². The monoisotopic (exact) mass is 479 g/mol. The molecule has 0 aliphatic heterocycles. The summed E-state index contributed by atoms with van der Waals surface area (Å²) in [6.07, 6.45) is 0. The second kappa shape index (κ2) is 10.1. The summed E-state index contributed by atoms with van der Waals surface area (Å²) in [5.74, 6) is 0.172. The average molecular weight is 480 g/mol. The summed E-state index contributed by atoms with van der Waals surface area (Å²) in [5, 5.41) is 9.43. The lowest BCUT2D eigenvalue weighted by molar-refractivity contribution is 0.104. The topological polar surface area (TPSA) is 88.1 Å². The van der Waals surface area contributed by atoms with Crippen molar-refractivity contribution in [3.63, 3.8) is 0 Å². The van der Waals surface area contributed by atoms with Crippen molar-refractivity contribution in [3.8, 4) is 16.9 Å². The van der Waals surface area contributed by atoms with Crippen LogP contribution in [0.3, 0.4) is 0 Å². The highest BCUT2D eigenvalue weighted by atomic mass is 32.1. The average Bonchev–Trinajstić information content (AvgIpc) is 3.57. The maximum Gasteiger partial charge on any atom is 0.337 e. The zero-order chi connectivity index (χ0) is 24.0. The van der Waals surface area contributed by atoms with E-state index >= 15 is 0 Å². The van der Waals surface area contributed by atoms with Gasteiger partial charge in [0.25, 0.3) is 0 Å². The van der Waals surface area contributed by atoms with Gasteiger partial charge in [-0.1, -0.05) is 72.8 Å². The maximum absolute atomic E-state index is 13.7. The predicted octanol–water partition coefficient (Wildman–Crippen LogP) is 5.98. The number of nitrogens with one attached hydrogen (secondary N) is 3. The third kappa shape index (κ3) is 4.83. The van der Waals surface area contributed by atoms with Crippen molar-refractivity contribution < 1.29 is 9.59 Å². The number of carbonyl (C=O) groups is 2. The number of hydrazine groups is 1. The third-order valence-corrected chi connectivity index (χ3v) is 6.10. The Bertz CT molecular complexity index is 1430. The number of ketones is 1. The van der Waals surface area contributed by atoms with Crippen molar-refractivity contribution in [2.45, 2.75) is 0 Å². The smallest absolute Gasteiger partial charge is 0.307 e. The van der Waals surface area contributed by atoms with Gasteiger partial charge in [0, 0.05) is 11.3 Å². The molecule has 0 bridgehead atoms. The van der Waals surface area contributed by atoms with Crippen molar-refractivity contribution in [2.24, 2.45) is 0 Å². The summed E-state index contributed by atoms with van der Waals surface area (Å²) in [6.45, 7) is 0. The molecule has 0 aliphatic carbocycles. The Hall–Kier alpha value is -4.69. The lowest BCUT2D eigenvalue weighted by atomic mass is 10.0. The Kier molecular flexibility index (Phi) is 6.36. The van der Waals surface area contributed by atoms with E-state index in [0.717, 1.165) is 11.3 Å². The molecule has 0 atom stereocenters. The van der Waals surface area contributed by atoms with Crippen molar-refractivity contribution in [1.82, 2.24) is 15.2 Å². The number of aromatic nitrogens is 2. The van der Waals surface area contributed by atoms with Crippen LogP contribution in [0.1, 0.15) is 15.2 Å². The number of thiophene rings is 1. The molecule has 0 radical (unpaired) electrons. The van der Waals surface area contributed by atoms with Crippen molar-refractivity contribution in [3.05, 3.63) is 119 Å². The molecule has 5 rings (SSSR count). The third-order valence-electron chi connectivity index (χ3n) is 5.23. The second-order valence-corrected chi connectivity index (χ2v) is 8.51. The van der Waals surface area contributed by atoms with Crippen LogP contribution in [0.25, 0.3) is 16.9 Å². The summed E-state index contributed by atoms with van der Waals surface area (Å²) in [4.78, 5) is 26.9. The van der Waals surface area contributed by atoms with Gasteiger partial charge in [-0.2, -0.15) is 5.10 Å². The largest absolute Gasteiger partial charge is 0.337 e. The number of benzene rings is 3. The van der Waals surface area contributed by atoms with E-state index in [-0.39, 0.29) is 5.78 Å². The predicted molar refractivity (Wildman–Crippen MR) is 139 cm³/mol. The van der Waals surface area contributed by atoms with Gasteiger partial charge < -0.3 is 5.32 Å². The molecule has 0 unspecified atom stereocenters. The minimum Gasteiger partial charge on any atom is -0.307 e. The molecule has 2 heterocycles. The molecule has 3 aromatic carbocycles. The summed E-state index contributed by atoms with van der Waals surface area (Å²) in [7, 11) is 0. The van der Waals surface area contributed by atoms with E-state index in [2.05, 4.69) is 16.2 Å². The quantitative estimate of drug-likeness (QED) is 0.198. The van der Waals surface area contributed by atoms with E-state index < -0.39 is 6.03 Å². The number of anilines is 2. The number of hydrogen-bond donors (Lipinski definition) is 3. The molecule has 0 saturated carbocycles. The fourth-order valence-corrected chi connectivity index (χ4v) is 4.30. The minimum atomic E-state index is -0.479. The van der Waals surface area contributed by atoms with Crippen LogP contribution < -0.4 is 16.2 Å². The fraction of sp³-hybridized carbons (Fsp3) is 0. The number of amides is 2. The van der Waals surface area contributed by atoms with Gasteiger partial charge in [-0.3, -0.25) is 15.6 Å². The van der Waals surface area contributed by atoms with E-state index in [0.29, 0.717) is 27.6 Å². The van der Waals surface area contributed by atoms with Crippen molar-refractivity contribution in [1.29, 1.82) is 0 Å². The van der Waals surface area contributed by atoms with Gasteiger partial charge in [0.1, 0.15) is 5.69 Å². The number of hydrogen-bond acceptors (Lipinski definition) is 5. The molecule has 2 amide bonds. The lowest BCUT2D eigenvalue weighted by Gasteiger charge is -2.13. The Balaban J connectivity index is 1.59. The Morgan fingerprint density at radius 1 is 0.771 bits per heavy atom. The first-order valence-corrected chi connectivity index (χ1v) is 11.8. The first-order chi connectivity index (χ1) is 17.2. The highest BCUT2D eigenvalue weighted by Gasteiger charge is 2.27. The van der Waals surface area contributed by atoms with E-state index in [9.17, 15) is 9.59 Å². The van der Waals surface area contributed by atoms with Crippen LogP contribution in [-0.4, -0.2) is 21.6 Å². The van der Waals surface area contributed by atoms with Crippen LogP contribution in [0.15, 0.2) is 109 Å². The Labute approximate surface area is 206 Å². The number of nitrogens with zero attached hydrogens (tertiary/aromatic N) is 2. The van der Waals surface area contributed by atoms with Crippen LogP contribution in [-0.2, 0) is 0 Å². The summed E-state index contributed by atoms with van der Waals surface area (Å²) in [6, 6.07) is 31.2. The zero-order valence-corrected chi connectivity index (χ0v) is 19.3. The molecular weight excluding hydrogens is 458 g/mol. The van der Waals surface area contributed by atoms with Crippen molar-refractivity contribution >= 4 is 34.7 Å². The highest BCUT2D eigenvalue weighted by molar-refractivity contribution is 7.12. The SMILES string of the molecule is O=C(NNc1c(C(=O)c2cccs2)c(-c2ccccc2)nn1-c1ccccc1)Nc1ccccc1. The first kappa shape index (κ1) is 22.1. The van der Waals surface area contributed by atoms with Crippen LogP contribution in [0.2, 0.25) is 0 Å². The van der Waals surface area contributed by atoms with Gasteiger partial charge in [0.15, 0.2) is 5.82 Å². The van der Waals surface area contributed by atoms with Crippen LogP contribution in [0.5, 0.6) is 0 Å². The van der Waals surface area contributed by atoms with Crippen molar-refractivity contribution in [2.75, 3.05) is 10.7 Å². The molecule has 0 spiro atoms. The molecule has 0 saturated heterocycles. The number of urea groups is 1. The normalized spacial score (nSPS) is 10.5.